The summed E-state index contributed by atoms with van der Waals surface area (Å²) in [7, 11) is 0. The topological polar surface area (TPSA) is 73.8 Å². The first-order valence-electron chi connectivity index (χ1n) is 5.81. The zero-order chi connectivity index (χ0) is 14.3. The molecular weight excluding hydrogens is 324 g/mol. The predicted molar refractivity (Wildman–Crippen MR) is 78.0 cm³/mol. The van der Waals surface area contributed by atoms with Crippen molar-refractivity contribution in [2.75, 3.05) is 0 Å². The fraction of sp³-hybridized carbons (Fsp3) is 0.0769. The molecule has 7 heteroatoms. The second-order valence-electron chi connectivity index (χ2n) is 4.35. The van der Waals surface area contributed by atoms with Gasteiger partial charge >= 0.3 is 0 Å². The van der Waals surface area contributed by atoms with E-state index in [2.05, 4.69) is 26.0 Å². The fourth-order valence-corrected chi connectivity index (χ4v) is 2.49. The number of nitro groups is 1. The number of halogens is 1. The molecule has 20 heavy (non-hydrogen) atoms. The van der Waals surface area contributed by atoms with E-state index >= 15 is 0 Å². The fourth-order valence-electron chi connectivity index (χ4n) is 2.04. The van der Waals surface area contributed by atoms with Crippen molar-refractivity contribution in [3.63, 3.8) is 0 Å². The van der Waals surface area contributed by atoms with Gasteiger partial charge in [-0.05, 0) is 40.5 Å². The standard InChI is InChI=1S/C13H9BrN4O2/c1-8-4-10(14)7-15-13(8)17-12-5-11(18(19)20)3-2-9(12)6-16-17/h2-7H,1H3. The lowest BCUT2D eigenvalue weighted by atomic mass is 10.2. The van der Waals surface area contributed by atoms with Gasteiger partial charge < -0.3 is 0 Å². The minimum atomic E-state index is -0.418. The summed E-state index contributed by atoms with van der Waals surface area (Å²) in [5.74, 6) is 0.656. The number of nitrogens with zero attached hydrogens (tertiary/aromatic N) is 4. The number of hydrogen-bond donors (Lipinski definition) is 0. The molecule has 0 saturated heterocycles. The maximum absolute atomic E-state index is 10.9. The highest BCUT2D eigenvalue weighted by Gasteiger charge is 2.13. The molecule has 2 heterocycles. The number of non-ortho nitro benzene ring substituents is 1. The number of rotatable bonds is 2. The second-order valence-corrected chi connectivity index (χ2v) is 5.27. The third-order valence-electron chi connectivity index (χ3n) is 2.98. The van der Waals surface area contributed by atoms with E-state index in [0.29, 0.717) is 11.3 Å². The van der Waals surface area contributed by atoms with Crippen LogP contribution >= 0.6 is 15.9 Å². The van der Waals surface area contributed by atoms with E-state index in [1.807, 2.05) is 13.0 Å². The number of benzene rings is 1. The summed E-state index contributed by atoms with van der Waals surface area (Å²) >= 11 is 3.36. The van der Waals surface area contributed by atoms with Gasteiger partial charge in [0.15, 0.2) is 5.82 Å². The number of aryl methyl sites for hydroxylation is 1. The number of pyridine rings is 1. The zero-order valence-corrected chi connectivity index (χ0v) is 12.0. The van der Waals surface area contributed by atoms with E-state index in [0.717, 1.165) is 15.4 Å². The number of aromatic nitrogens is 3. The average Bonchev–Trinajstić information content (AvgIpc) is 2.81. The van der Waals surface area contributed by atoms with E-state index in [-0.39, 0.29) is 5.69 Å². The summed E-state index contributed by atoms with van der Waals surface area (Å²) in [5, 5.41) is 16.0. The molecule has 0 aliphatic heterocycles. The Morgan fingerprint density at radius 2 is 2.10 bits per heavy atom. The van der Waals surface area contributed by atoms with Crippen molar-refractivity contribution in [3.05, 3.63) is 56.8 Å². The maximum atomic E-state index is 10.9. The van der Waals surface area contributed by atoms with Crippen LogP contribution in [0.15, 0.2) is 41.1 Å². The first-order chi connectivity index (χ1) is 9.56. The minimum absolute atomic E-state index is 0.0361. The monoisotopic (exact) mass is 332 g/mol. The number of fused-ring (bicyclic) bond motifs is 1. The first-order valence-corrected chi connectivity index (χ1v) is 6.60. The molecule has 0 N–H and O–H groups in total. The molecule has 0 atom stereocenters. The van der Waals surface area contributed by atoms with E-state index in [1.165, 1.54) is 12.1 Å². The van der Waals surface area contributed by atoms with Gasteiger partial charge in [-0.15, -0.1) is 0 Å². The lowest BCUT2D eigenvalue weighted by molar-refractivity contribution is -0.384. The third kappa shape index (κ3) is 2.05. The third-order valence-corrected chi connectivity index (χ3v) is 3.42. The smallest absolute Gasteiger partial charge is 0.258 e. The molecule has 2 aromatic heterocycles. The summed E-state index contributed by atoms with van der Waals surface area (Å²) in [6.07, 6.45) is 3.34. The van der Waals surface area contributed by atoms with Crippen LogP contribution in [0.4, 0.5) is 5.69 Å². The first kappa shape index (κ1) is 12.7. The van der Waals surface area contributed by atoms with Crippen LogP contribution in [0.5, 0.6) is 0 Å². The molecule has 0 radical (unpaired) electrons. The molecule has 3 aromatic rings. The largest absolute Gasteiger partial charge is 0.271 e. The number of hydrogen-bond acceptors (Lipinski definition) is 4. The van der Waals surface area contributed by atoms with E-state index in [4.69, 9.17) is 0 Å². The van der Waals surface area contributed by atoms with Crippen molar-refractivity contribution < 1.29 is 4.92 Å². The van der Waals surface area contributed by atoms with Crippen LogP contribution in [-0.4, -0.2) is 19.7 Å². The Hall–Kier alpha value is -2.28. The van der Waals surface area contributed by atoms with Gasteiger partial charge in [-0.3, -0.25) is 10.1 Å². The van der Waals surface area contributed by atoms with Gasteiger partial charge in [0, 0.05) is 28.2 Å². The molecule has 100 valence electrons. The molecular formula is C13H9BrN4O2. The molecule has 0 aliphatic carbocycles. The van der Waals surface area contributed by atoms with Crippen LogP contribution in [0.2, 0.25) is 0 Å². The Bertz CT molecular complexity index is 828. The van der Waals surface area contributed by atoms with Gasteiger partial charge in [0.1, 0.15) is 0 Å². The van der Waals surface area contributed by atoms with Crippen molar-refractivity contribution in [2.24, 2.45) is 0 Å². The highest BCUT2D eigenvalue weighted by Crippen LogP contribution is 2.24. The van der Waals surface area contributed by atoms with Crippen molar-refractivity contribution >= 4 is 32.5 Å². The van der Waals surface area contributed by atoms with Gasteiger partial charge in [-0.25, -0.2) is 9.67 Å². The molecule has 0 fully saturated rings. The molecule has 0 spiro atoms. The van der Waals surface area contributed by atoms with Crippen LogP contribution < -0.4 is 0 Å². The lowest BCUT2D eigenvalue weighted by Crippen LogP contribution is -2.02. The van der Waals surface area contributed by atoms with E-state index < -0.39 is 4.92 Å². The Morgan fingerprint density at radius 3 is 2.80 bits per heavy atom. The highest BCUT2D eigenvalue weighted by molar-refractivity contribution is 9.10. The van der Waals surface area contributed by atoms with Gasteiger partial charge in [0.25, 0.3) is 5.69 Å². The molecule has 0 bridgehead atoms. The van der Waals surface area contributed by atoms with Gasteiger partial charge in [0.05, 0.1) is 16.6 Å². The van der Waals surface area contributed by atoms with Crippen LogP contribution in [0.1, 0.15) is 5.56 Å². The Morgan fingerprint density at radius 1 is 1.30 bits per heavy atom. The Kier molecular flexibility index (Phi) is 2.98. The van der Waals surface area contributed by atoms with E-state index in [9.17, 15) is 10.1 Å². The second kappa shape index (κ2) is 4.68. The lowest BCUT2D eigenvalue weighted by Gasteiger charge is -2.06. The van der Waals surface area contributed by atoms with E-state index in [1.54, 1.807) is 23.1 Å². The quantitative estimate of drug-likeness (QED) is 0.532. The van der Waals surface area contributed by atoms with Crippen molar-refractivity contribution in [2.45, 2.75) is 6.92 Å². The van der Waals surface area contributed by atoms with Crippen molar-refractivity contribution in [1.29, 1.82) is 0 Å². The summed E-state index contributed by atoms with van der Waals surface area (Å²) in [6, 6.07) is 6.58. The molecule has 1 aromatic carbocycles. The SMILES string of the molecule is Cc1cc(Br)cnc1-n1ncc2ccc([N+](=O)[O-])cc21. The average molecular weight is 333 g/mol. The predicted octanol–water partition coefficient (Wildman–Crippen LogP) is 3.40. The molecule has 0 unspecified atom stereocenters. The summed E-state index contributed by atoms with van der Waals surface area (Å²) in [6.45, 7) is 1.91. The number of nitro benzene ring substituents is 1. The molecule has 3 rings (SSSR count). The zero-order valence-electron chi connectivity index (χ0n) is 10.4. The summed E-state index contributed by atoms with van der Waals surface area (Å²) in [4.78, 5) is 14.8. The van der Waals surface area contributed by atoms with Crippen LogP contribution in [0, 0.1) is 17.0 Å². The Balaban J connectivity index is 2.25. The molecule has 0 saturated carbocycles. The van der Waals surface area contributed by atoms with Crippen molar-refractivity contribution in [3.8, 4) is 5.82 Å². The maximum Gasteiger partial charge on any atom is 0.271 e. The van der Waals surface area contributed by atoms with Crippen LogP contribution in [-0.2, 0) is 0 Å². The van der Waals surface area contributed by atoms with Crippen molar-refractivity contribution in [1.82, 2.24) is 14.8 Å². The molecule has 6 nitrogen and oxygen atoms in total. The van der Waals surface area contributed by atoms with Gasteiger partial charge in [-0.2, -0.15) is 5.10 Å². The molecule has 0 aliphatic rings. The van der Waals surface area contributed by atoms with Gasteiger partial charge in [-0.1, -0.05) is 0 Å². The van der Waals surface area contributed by atoms with Crippen LogP contribution in [0.3, 0.4) is 0 Å². The van der Waals surface area contributed by atoms with Gasteiger partial charge in [0.2, 0.25) is 0 Å². The summed E-state index contributed by atoms with van der Waals surface area (Å²) < 4.78 is 2.49. The normalized spacial score (nSPS) is 10.9. The summed E-state index contributed by atoms with van der Waals surface area (Å²) in [5.41, 5.74) is 1.63. The Labute approximate surface area is 122 Å². The van der Waals surface area contributed by atoms with Crippen LogP contribution in [0.25, 0.3) is 16.7 Å². The molecule has 0 amide bonds. The highest BCUT2D eigenvalue weighted by atomic mass is 79.9. The minimum Gasteiger partial charge on any atom is -0.258 e.